The minimum absolute atomic E-state index is 0.159. The summed E-state index contributed by atoms with van der Waals surface area (Å²) >= 11 is 0. The van der Waals surface area contributed by atoms with E-state index in [1.807, 2.05) is 0 Å². The Hall–Kier alpha value is -1.66. The minimum Gasteiger partial charge on any atom is -0.472 e. The molecule has 0 aromatic carbocycles. The van der Waals surface area contributed by atoms with E-state index in [2.05, 4.69) is 15.0 Å². The molecule has 0 saturated carbocycles. The zero-order valence-electron chi connectivity index (χ0n) is 9.95. The summed E-state index contributed by atoms with van der Waals surface area (Å²) in [5.41, 5.74) is 0.794. The molecule has 0 aliphatic carbocycles. The lowest BCUT2D eigenvalue weighted by Crippen LogP contribution is -2.35. The molecule has 96 valence electrons. The molecule has 0 radical (unpaired) electrons. The Morgan fingerprint density at radius 2 is 2.22 bits per heavy atom. The molecular weight excluding hydrogens is 234 g/mol. The van der Waals surface area contributed by atoms with Crippen LogP contribution in [0.1, 0.15) is 18.7 Å². The summed E-state index contributed by atoms with van der Waals surface area (Å²) in [5, 5.41) is 13.4. The van der Waals surface area contributed by atoms with E-state index in [1.165, 1.54) is 0 Å². The summed E-state index contributed by atoms with van der Waals surface area (Å²) in [6.45, 7) is 2.40. The van der Waals surface area contributed by atoms with E-state index in [1.54, 1.807) is 18.6 Å². The first-order valence-electron chi connectivity index (χ1n) is 6.07. The van der Waals surface area contributed by atoms with Gasteiger partial charge in [0.2, 0.25) is 0 Å². The molecule has 1 saturated heterocycles. The molecular formula is C12H15N3O3. The van der Waals surface area contributed by atoms with Crippen molar-refractivity contribution in [1.82, 2.24) is 15.0 Å². The molecule has 1 aliphatic rings. The van der Waals surface area contributed by atoms with Gasteiger partial charge in [-0.15, -0.1) is 0 Å². The van der Waals surface area contributed by atoms with Gasteiger partial charge in [-0.3, -0.25) is 4.90 Å². The Morgan fingerprint density at radius 1 is 1.39 bits per heavy atom. The maximum atomic E-state index is 9.44. The molecule has 18 heavy (non-hydrogen) atoms. The highest BCUT2D eigenvalue weighted by Crippen LogP contribution is 2.18. The standard InChI is InChI=1S/C12H15N3O3/c16-10-1-4-15(5-2-10)7-11-13-12(18-14-11)9-3-6-17-8-9/h3,6,8,10,16H,1-2,4-5,7H2. The maximum absolute atomic E-state index is 9.44. The Bertz CT molecular complexity index is 486. The zero-order chi connectivity index (χ0) is 12.4. The molecule has 1 N–H and O–H groups in total. The van der Waals surface area contributed by atoms with Crippen molar-refractivity contribution < 1.29 is 14.0 Å². The Morgan fingerprint density at radius 3 is 2.94 bits per heavy atom. The van der Waals surface area contributed by atoms with Gasteiger partial charge in [-0.25, -0.2) is 0 Å². The van der Waals surface area contributed by atoms with Crippen LogP contribution in [0.2, 0.25) is 0 Å². The van der Waals surface area contributed by atoms with Crippen LogP contribution in [0.5, 0.6) is 0 Å². The second kappa shape index (κ2) is 4.91. The van der Waals surface area contributed by atoms with Gasteiger partial charge in [-0.2, -0.15) is 4.98 Å². The SMILES string of the molecule is OC1CCN(Cc2noc(-c3ccoc3)n2)CC1. The molecule has 0 atom stereocenters. The summed E-state index contributed by atoms with van der Waals surface area (Å²) in [5.74, 6) is 1.15. The molecule has 6 nitrogen and oxygen atoms in total. The summed E-state index contributed by atoms with van der Waals surface area (Å²) < 4.78 is 10.1. The van der Waals surface area contributed by atoms with E-state index in [4.69, 9.17) is 8.94 Å². The molecule has 0 spiro atoms. The number of hydrogen-bond acceptors (Lipinski definition) is 6. The average molecular weight is 249 g/mol. The third kappa shape index (κ3) is 2.44. The van der Waals surface area contributed by atoms with Crippen molar-refractivity contribution in [2.24, 2.45) is 0 Å². The first-order valence-corrected chi connectivity index (χ1v) is 6.07. The fraction of sp³-hybridized carbons (Fsp3) is 0.500. The number of rotatable bonds is 3. The van der Waals surface area contributed by atoms with Crippen LogP contribution in [-0.2, 0) is 6.54 Å². The van der Waals surface area contributed by atoms with Gasteiger partial charge in [0.1, 0.15) is 6.26 Å². The average Bonchev–Trinajstić information content (AvgIpc) is 3.02. The Balaban J connectivity index is 1.64. The van der Waals surface area contributed by atoms with Gasteiger partial charge < -0.3 is 14.0 Å². The second-order valence-corrected chi connectivity index (χ2v) is 4.54. The Kier molecular flexibility index (Phi) is 3.12. The van der Waals surface area contributed by atoms with E-state index in [-0.39, 0.29) is 6.10 Å². The number of hydrogen-bond donors (Lipinski definition) is 1. The van der Waals surface area contributed by atoms with Crippen molar-refractivity contribution in [3.8, 4) is 11.5 Å². The van der Waals surface area contributed by atoms with Gasteiger partial charge in [0.05, 0.1) is 24.5 Å². The van der Waals surface area contributed by atoms with Crippen LogP contribution in [0, 0.1) is 0 Å². The van der Waals surface area contributed by atoms with Crippen LogP contribution < -0.4 is 0 Å². The second-order valence-electron chi connectivity index (χ2n) is 4.54. The van der Waals surface area contributed by atoms with Crippen molar-refractivity contribution in [3.63, 3.8) is 0 Å². The lowest BCUT2D eigenvalue weighted by atomic mass is 10.1. The third-order valence-corrected chi connectivity index (χ3v) is 3.16. The predicted octanol–water partition coefficient (Wildman–Crippen LogP) is 1.29. The van der Waals surface area contributed by atoms with E-state index in [0.717, 1.165) is 31.5 Å². The van der Waals surface area contributed by atoms with E-state index >= 15 is 0 Å². The molecule has 0 amide bonds. The largest absolute Gasteiger partial charge is 0.472 e. The minimum atomic E-state index is -0.159. The quantitative estimate of drug-likeness (QED) is 0.883. The maximum Gasteiger partial charge on any atom is 0.261 e. The van der Waals surface area contributed by atoms with Gasteiger partial charge in [-0.05, 0) is 18.9 Å². The highest BCUT2D eigenvalue weighted by Gasteiger charge is 2.19. The molecule has 1 fully saturated rings. The highest BCUT2D eigenvalue weighted by atomic mass is 16.5. The van der Waals surface area contributed by atoms with Gasteiger partial charge in [0, 0.05) is 13.1 Å². The zero-order valence-corrected chi connectivity index (χ0v) is 9.95. The molecule has 0 bridgehead atoms. The lowest BCUT2D eigenvalue weighted by molar-refractivity contribution is 0.0777. The van der Waals surface area contributed by atoms with E-state index in [9.17, 15) is 5.11 Å². The van der Waals surface area contributed by atoms with Crippen LogP contribution in [0.15, 0.2) is 27.5 Å². The normalized spacial score (nSPS) is 18.3. The van der Waals surface area contributed by atoms with Gasteiger partial charge in [0.15, 0.2) is 5.82 Å². The van der Waals surface area contributed by atoms with E-state index < -0.39 is 0 Å². The van der Waals surface area contributed by atoms with E-state index in [0.29, 0.717) is 18.3 Å². The van der Waals surface area contributed by atoms with Gasteiger partial charge in [-0.1, -0.05) is 5.16 Å². The first-order chi connectivity index (χ1) is 8.81. The molecule has 3 heterocycles. The number of nitrogens with zero attached hydrogens (tertiary/aromatic N) is 3. The van der Waals surface area contributed by atoms with Gasteiger partial charge in [0.25, 0.3) is 5.89 Å². The number of piperidine rings is 1. The molecule has 2 aromatic rings. The number of aliphatic hydroxyl groups excluding tert-OH is 1. The van der Waals surface area contributed by atoms with Crippen molar-refractivity contribution in [3.05, 3.63) is 24.4 Å². The lowest BCUT2D eigenvalue weighted by Gasteiger charge is -2.28. The van der Waals surface area contributed by atoms with Crippen molar-refractivity contribution in [1.29, 1.82) is 0 Å². The first kappa shape index (κ1) is 11.4. The van der Waals surface area contributed by atoms with Crippen LogP contribution in [0.4, 0.5) is 0 Å². The molecule has 1 aliphatic heterocycles. The van der Waals surface area contributed by atoms with Crippen molar-refractivity contribution in [2.75, 3.05) is 13.1 Å². The summed E-state index contributed by atoms with van der Waals surface area (Å²) in [4.78, 5) is 6.54. The number of likely N-dealkylation sites (tertiary alicyclic amines) is 1. The smallest absolute Gasteiger partial charge is 0.261 e. The topological polar surface area (TPSA) is 75.5 Å². The van der Waals surface area contributed by atoms with Gasteiger partial charge >= 0.3 is 0 Å². The third-order valence-electron chi connectivity index (χ3n) is 3.16. The highest BCUT2D eigenvalue weighted by molar-refractivity contribution is 5.49. The van der Waals surface area contributed by atoms with Crippen LogP contribution in [0.25, 0.3) is 11.5 Å². The van der Waals surface area contributed by atoms with Crippen LogP contribution >= 0.6 is 0 Å². The molecule has 0 unspecified atom stereocenters. The monoisotopic (exact) mass is 249 g/mol. The van der Waals surface area contributed by atoms with Crippen molar-refractivity contribution in [2.45, 2.75) is 25.5 Å². The number of furan rings is 1. The molecule has 6 heteroatoms. The summed E-state index contributed by atoms with van der Waals surface area (Å²) in [7, 11) is 0. The Labute approximate surface area is 104 Å². The summed E-state index contributed by atoms with van der Waals surface area (Å²) in [6.07, 6.45) is 4.62. The van der Waals surface area contributed by atoms with Crippen molar-refractivity contribution >= 4 is 0 Å². The number of aromatic nitrogens is 2. The summed E-state index contributed by atoms with van der Waals surface area (Å²) in [6, 6.07) is 1.79. The predicted molar refractivity (Wildman–Crippen MR) is 62.5 cm³/mol. The number of aliphatic hydroxyl groups is 1. The fourth-order valence-electron chi connectivity index (χ4n) is 2.10. The molecule has 3 rings (SSSR count). The molecule has 2 aromatic heterocycles. The van der Waals surface area contributed by atoms with Crippen LogP contribution in [-0.4, -0.2) is 39.3 Å². The van der Waals surface area contributed by atoms with Crippen LogP contribution in [0.3, 0.4) is 0 Å². The fourth-order valence-corrected chi connectivity index (χ4v) is 2.10.